The molecule has 0 radical (unpaired) electrons. The van der Waals surface area contributed by atoms with E-state index in [9.17, 15) is 14.4 Å². The minimum absolute atomic E-state index is 0.211. The quantitative estimate of drug-likeness (QED) is 0.285. The fraction of sp³-hybridized carbons (Fsp3) is 0.312. The fourth-order valence-corrected chi connectivity index (χ4v) is 5.43. The Hall–Kier alpha value is -4.37. The minimum Gasteiger partial charge on any atom is -0.444 e. The molecule has 9 nitrogen and oxygen atoms in total. The number of carbonyl (C=O) groups is 2. The van der Waals surface area contributed by atoms with Gasteiger partial charge in [0.15, 0.2) is 5.43 Å². The predicted octanol–water partition coefficient (Wildman–Crippen LogP) is 5.20. The summed E-state index contributed by atoms with van der Waals surface area (Å²) < 4.78 is 5.50. The summed E-state index contributed by atoms with van der Waals surface area (Å²) in [6.07, 6.45) is 3.25. The summed E-state index contributed by atoms with van der Waals surface area (Å²) in [5, 5.41) is 7.04. The van der Waals surface area contributed by atoms with Crippen molar-refractivity contribution in [2.75, 3.05) is 18.0 Å². The molecule has 3 unspecified atom stereocenters. The van der Waals surface area contributed by atoms with Crippen LogP contribution in [-0.4, -0.2) is 46.7 Å². The lowest BCUT2D eigenvalue weighted by atomic mass is 9.90. The highest BCUT2D eigenvalue weighted by Gasteiger charge is 2.38. The second-order valence-electron chi connectivity index (χ2n) is 11.4. The number of halogens is 1. The number of anilines is 1. The lowest BCUT2D eigenvalue weighted by Gasteiger charge is -2.39. The van der Waals surface area contributed by atoms with E-state index in [2.05, 4.69) is 20.6 Å². The molecule has 1 fully saturated rings. The van der Waals surface area contributed by atoms with Crippen molar-refractivity contribution in [2.24, 2.45) is 5.92 Å². The summed E-state index contributed by atoms with van der Waals surface area (Å²) in [5.74, 6) is -0.214. The molecular formula is C32H34ClN5O4. The number of amides is 2. The van der Waals surface area contributed by atoms with Crippen LogP contribution >= 0.6 is 11.6 Å². The van der Waals surface area contributed by atoms with Crippen LogP contribution in [0.4, 0.5) is 10.6 Å². The fourth-order valence-electron chi connectivity index (χ4n) is 5.26. The van der Waals surface area contributed by atoms with E-state index in [0.717, 1.165) is 11.4 Å². The van der Waals surface area contributed by atoms with E-state index in [-0.39, 0.29) is 11.3 Å². The van der Waals surface area contributed by atoms with Crippen molar-refractivity contribution >= 4 is 40.3 Å². The molecule has 2 aromatic heterocycles. The van der Waals surface area contributed by atoms with Crippen LogP contribution in [0.1, 0.15) is 44.4 Å². The number of H-pyrrole nitrogens is 1. The first kappa shape index (κ1) is 29.1. The third kappa shape index (κ3) is 6.74. The molecule has 1 aliphatic heterocycles. The minimum atomic E-state index is -0.741. The Morgan fingerprint density at radius 1 is 1.10 bits per heavy atom. The number of alkyl carbamates (subject to hydrolysis) is 1. The number of rotatable bonds is 6. The molecule has 10 heteroatoms. The maximum Gasteiger partial charge on any atom is 0.407 e. The molecule has 1 saturated heterocycles. The number of pyridine rings is 2. The number of aromatic nitrogens is 2. The number of piperidine rings is 1. The van der Waals surface area contributed by atoms with Gasteiger partial charge < -0.3 is 25.3 Å². The van der Waals surface area contributed by atoms with Crippen LogP contribution in [0, 0.1) is 5.92 Å². The molecule has 218 valence electrons. The van der Waals surface area contributed by atoms with Gasteiger partial charge in [-0.2, -0.15) is 0 Å². The number of aromatic amines is 1. The Bertz CT molecular complexity index is 1620. The first-order valence-corrected chi connectivity index (χ1v) is 14.3. The van der Waals surface area contributed by atoms with Crippen molar-refractivity contribution < 1.29 is 14.3 Å². The summed E-state index contributed by atoms with van der Waals surface area (Å²) in [5.41, 5.74) is 0.846. The largest absolute Gasteiger partial charge is 0.444 e. The van der Waals surface area contributed by atoms with Crippen LogP contribution in [-0.2, 0) is 9.53 Å². The number of carbonyl (C=O) groups excluding carboxylic acids is 2. The number of benzene rings is 2. The van der Waals surface area contributed by atoms with Crippen LogP contribution in [0.3, 0.4) is 0 Å². The normalized spacial score (nSPS) is 17.9. The number of hydrogen-bond acceptors (Lipinski definition) is 6. The highest BCUT2D eigenvalue weighted by Crippen LogP contribution is 2.26. The molecule has 0 saturated carbocycles. The SMILES string of the molecule is CC(C)(C)OC(=O)NC1CCN(c2ccccn2)CC1C(=O)NC(c1ccccc1)c1c[nH]c2cc(Cl)ccc2c1=O. The van der Waals surface area contributed by atoms with Gasteiger partial charge in [-0.15, -0.1) is 0 Å². The van der Waals surface area contributed by atoms with Crippen molar-refractivity contribution in [3.8, 4) is 0 Å². The standard InChI is InChI=1S/C32H34ClN5O4/c1-32(2,3)42-31(41)36-25-14-16-38(27-11-7-8-15-34-27)19-24(25)30(40)37-28(20-9-5-4-6-10-20)23-18-35-26-17-21(33)12-13-22(26)29(23)39/h4-13,15,17-18,24-25,28H,14,16,19H2,1-3H3,(H,35,39)(H,36,41)(H,37,40). The van der Waals surface area contributed by atoms with E-state index in [1.807, 2.05) is 53.4 Å². The Balaban J connectivity index is 1.48. The summed E-state index contributed by atoms with van der Waals surface area (Å²) in [6, 6.07) is 18.8. The molecule has 3 atom stereocenters. The van der Waals surface area contributed by atoms with Crippen molar-refractivity contribution in [3.63, 3.8) is 0 Å². The maximum atomic E-state index is 14.1. The number of hydrogen-bond donors (Lipinski definition) is 3. The predicted molar refractivity (Wildman–Crippen MR) is 164 cm³/mol. The first-order chi connectivity index (χ1) is 20.1. The average Bonchev–Trinajstić information content (AvgIpc) is 2.96. The highest BCUT2D eigenvalue weighted by atomic mass is 35.5. The van der Waals surface area contributed by atoms with Gasteiger partial charge in [0.2, 0.25) is 5.91 Å². The zero-order chi connectivity index (χ0) is 29.9. The molecule has 0 aliphatic carbocycles. The monoisotopic (exact) mass is 587 g/mol. The van der Waals surface area contributed by atoms with E-state index >= 15 is 0 Å². The lowest BCUT2D eigenvalue weighted by Crippen LogP contribution is -2.57. The van der Waals surface area contributed by atoms with Crippen molar-refractivity contribution in [1.82, 2.24) is 20.6 Å². The Morgan fingerprint density at radius 2 is 1.86 bits per heavy atom. The molecule has 42 heavy (non-hydrogen) atoms. The third-order valence-corrected chi connectivity index (χ3v) is 7.46. The Kier molecular flexibility index (Phi) is 8.49. The number of nitrogens with one attached hydrogen (secondary N) is 3. The van der Waals surface area contributed by atoms with Crippen molar-refractivity contribution in [1.29, 1.82) is 0 Å². The average molecular weight is 588 g/mol. The van der Waals surface area contributed by atoms with Gasteiger partial charge in [0.1, 0.15) is 11.4 Å². The summed E-state index contributed by atoms with van der Waals surface area (Å²) in [4.78, 5) is 50.2. The molecule has 3 heterocycles. The molecule has 5 rings (SSSR count). The molecule has 3 N–H and O–H groups in total. The second kappa shape index (κ2) is 12.2. The van der Waals surface area contributed by atoms with Gasteiger partial charge >= 0.3 is 6.09 Å². The smallest absolute Gasteiger partial charge is 0.407 e. The Morgan fingerprint density at radius 3 is 2.57 bits per heavy atom. The molecule has 2 aromatic carbocycles. The topological polar surface area (TPSA) is 116 Å². The van der Waals surface area contributed by atoms with E-state index < -0.39 is 29.7 Å². The van der Waals surface area contributed by atoms with Gasteiger partial charge in [0.25, 0.3) is 0 Å². The van der Waals surface area contributed by atoms with Gasteiger partial charge in [-0.1, -0.05) is 48.0 Å². The van der Waals surface area contributed by atoms with Gasteiger partial charge in [-0.05, 0) is 63.1 Å². The molecule has 0 spiro atoms. The highest BCUT2D eigenvalue weighted by molar-refractivity contribution is 6.31. The first-order valence-electron chi connectivity index (χ1n) is 13.9. The number of nitrogens with zero attached hydrogens (tertiary/aromatic N) is 2. The Labute approximate surface area is 249 Å². The molecule has 0 bridgehead atoms. The van der Waals surface area contributed by atoms with Gasteiger partial charge in [-0.25, -0.2) is 9.78 Å². The number of fused-ring (bicyclic) bond motifs is 1. The van der Waals surface area contributed by atoms with Crippen LogP contribution in [0.25, 0.3) is 10.9 Å². The molecule has 4 aromatic rings. The van der Waals surface area contributed by atoms with E-state index in [0.29, 0.717) is 41.0 Å². The molecule has 2 amide bonds. The maximum absolute atomic E-state index is 14.1. The number of ether oxygens (including phenoxy) is 1. The third-order valence-electron chi connectivity index (χ3n) is 7.23. The van der Waals surface area contributed by atoms with Crippen LogP contribution in [0.5, 0.6) is 0 Å². The zero-order valence-corrected chi connectivity index (χ0v) is 24.5. The van der Waals surface area contributed by atoms with Gasteiger partial charge in [0, 0.05) is 47.5 Å². The van der Waals surface area contributed by atoms with Crippen LogP contribution in [0.15, 0.2) is 83.9 Å². The zero-order valence-electron chi connectivity index (χ0n) is 23.8. The van der Waals surface area contributed by atoms with Crippen molar-refractivity contribution in [3.05, 3.63) is 105 Å². The summed E-state index contributed by atoms with van der Waals surface area (Å²) >= 11 is 6.14. The van der Waals surface area contributed by atoms with Crippen molar-refractivity contribution in [2.45, 2.75) is 44.9 Å². The molecule has 1 aliphatic rings. The molecular weight excluding hydrogens is 554 g/mol. The van der Waals surface area contributed by atoms with E-state index in [1.54, 1.807) is 51.4 Å². The van der Waals surface area contributed by atoms with E-state index in [1.165, 1.54) is 0 Å². The van der Waals surface area contributed by atoms with Crippen LogP contribution in [0.2, 0.25) is 5.02 Å². The van der Waals surface area contributed by atoms with Gasteiger partial charge in [-0.3, -0.25) is 9.59 Å². The van der Waals surface area contributed by atoms with Gasteiger partial charge in [0.05, 0.1) is 17.5 Å². The summed E-state index contributed by atoms with van der Waals surface area (Å²) in [6.45, 7) is 6.29. The lowest BCUT2D eigenvalue weighted by molar-refractivity contribution is -0.126. The summed E-state index contributed by atoms with van der Waals surface area (Å²) in [7, 11) is 0. The second-order valence-corrected chi connectivity index (χ2v) is 11.8. The van der Waals surface area contributed by atoms with Crippen LogP contribution < -0.4 is 21.0 Å². The van der Waals surface area contributed by atoms with E-state index in [4.69, 9.17) is 16.3 Å².